The molecule has 0 spiro atoms. The predicted octanol–water partition coefficient (Wildman–Crippen LogP) is 3.32. The summed E-state index contributed by atoms with van der Waals surface area (Å²) in [5.41, 5.74) is 0.982. The maximum Gasteiger partial charge on any atom is 0.179 e. The summed E-state index contributed by atoms with van der Waals surface area (Å²) in [7, 11) is 1.79. The molecule has 0 radical (unpaired) electrons. The van der Waals surface area contributed by atoms with Crippen LogP contribution in [0.15, 0.2) is 48.5 Å². The van der Waals surface area contributed by atoms with E-state index in [2.05, 4.69) is 0 Å². The highest BCUT2D eigenvalue weighted by Gasteiger charge is 2.14. The fourth-order valence-electron chi connectivity index (χ4n) is 2.09. The van der Waals surface area contributed by atoms with Crippen LogP contribution in [0.3, 0.4) is 0 Å². The molecule has 0 atom stereocenters. The second-order valence-electron chi connectivity index (χ2n) is 5.02. The standard InChI is InChI=1S/C17H17F2NO/c1-20(10-9-13-5-3-2-4-6-13)12-17(21)15-11-14(18)7-8-16(15)19/h2-8,11H,9-10,12H2,1H3. The van der Waals surface area contributed by atoms with Crippen LogP contribution in [0, 0.1) is 11.6 Å². The minimum absolute atomic E-state index is 0.0627. The Kier molecular flexibility index (Phi) is 5.17. The summed E-state index contributed by atoms with van der Waals surface area (Å²) >= 11 is 0. The third-order valence-electron chi connectivity index (χ3n) is 3.27. The van der Waals surface area contributed by atoms with Crippen LogP contribution in [0.25, 0.3) is 0 Å². The monoisotopic (exact) mass is 289 g/mol. The van der Waals surface area contributed by atoms with E-state index in [0.29, 0.717) is 6.54 Å². The summed E-state index contributed by atoms with van der Waals surface area (Å²) in [5, 5.41) is 0. The van der Waals surface area contributed by atoms with Crippen LogP contribution in [-0.4, -0.2) is 30.8 Å². The van der Waals surface area contributed by atoms with Gasteiger partial charge in [0.15, 0.2) is 5.78 Å². The Hall–Kier alpha value is -2.07. The van der Waals surface area contributed by atoms with Gasteiger partial charge >= 0.3 is 0 Å². The highest BCUT2D eigenvalue weighted by atomic mass is 19.1. The fourth-order valence-corrected chi connectivity index (χ4v) is 2.09. The molecule has 2 nitrogen and oxygen atoms in total. The number of nitrogens with zero attached hydrogens (tertiary/aromatic N) is 1. The Balaban J connectivity index is 1.91. The molecule has 0 heterocycles. The third kappa shape index (κ3) is 4.46. The number of Topliss-reactive ketones (excluding diaryl/α,β-unsaturated/α-hetero) is 1. The zero-order chi connectivity index (χ0) is 15.2. The average Bonchev–Trinajstić information content (AvgIpc) is 2.48. The summed E-state index contributed by atoms with van der Waals surface area (Å²) in [5.74, 6) is -1.70. The van der Waals surface area contributed by atoms with E-state index in [1.165, 1.54) is 5.56 Å². The summed E-state index contributed by atoms with van der Waals surface area (Å²) in [6, 6.07) is 12.8. The van der Waals surface area contributed by atoms with Crippen molar-refractivity contribution >= 4 is 5.78 Å². The number of hydrogen-bond donors (Lipinski definition) is 0. The van der Waals surface area contributed by atoms with Crippen molar-refractivity contribution in [3.05, 3.63) is 71.3 Å². The van der Waals surface area contributed by atoms with Crippen molar-refractivity contribution < 1.29 is 13.6 Å². The van der Waals surface area contributed by atoms with Gasteiger partial charge in [-0.3, -0.25) is 9.69 Å². The first-order chi connectivity index (χ1) is 10.1. The minimum atomic E-state index is -0.683. The van der Waals surface area contributed by atoms with Crippen LogP contribution >= 0.6 is 0 Å². The Morgan fingerprint density at radius 1 is 1.10 bits per heavy atom. The zero-order valence-corrected chi connectivity index (χ0v) is 11.9. The van der Waals surface area contributed by atoms with E-state index in [9.17, 15) is 13.6 Å². The minimum Gasteiger partial charge on any atom is -0.299 e. The van der Waals surface area contributed by atoms with Gasteiger partial charge in [0.05, 0.1) is 12.1 Å². The van der Waals surface area contributed by atoms with Gasteiger partial charge in [0.2, 0.25) is 0 Å². The second-order valence-corrected chi connectivity index (χ2v) is 5.02. The molecule has 0 bridgehead atoms. The number of carbonyl (C=O) groups is 1. The van der Waals surface area contributed by atoms with Gasteiger partial charge in [-0.25, -0.2) is 8.78 Å². The summed E-state index contributed by atoms with van der Waals surface area (Å²) in [6.45, 7) is 0.736. The number of hydrogen-bond acceptors (Lipinski definition) is 2. The highest BCUT2D eigenvalue weighted by Crippen LogP contribution is 2.11. The Labute approximate surface area is 123 Å². The predicted molar refractivity (Wildman–Crippen MR) is 78.3 cm³/mol. The number of ketones is 1. The van der Waals surface area contributed by atoms with Gasteiger partial charge in [-0.1, -0.05) is 30.3 Å². The first-order valence-electron chi connectivity index (χ1n) is 6.77. The molecular formula is C17H17F2NO. The maximum absolute atomic E-state index is 13.5. The zero-order valence-electron chi connectivity index (χ0n) is 11.9. The molecule has 2 aromatic rings. The number of halogens is 2. The van der Waals surface area contributed by atoms with E-state index in [1.54, 1.807) is 11.9 Å². The van der Waals surface area contributed by atoms with Crippen LogP contribution in [0.1, 0.15) is 15.9 Å². The number of likely N-dealkylation sites (N-methyl/N-ethyl adjacent to an activating group) is 1. The quantitative estimate of drug-likeness (QED) is 0.760. The number of benzene rings is 2. The molecule has 0 aromatic heterocycles. The Morgan fingerprint density at radius 3 is 2.52 bits per heavy atom. The fraction of sp³-hybridized carbons (Fsp3) is 0.235. The van der Waals surface area contributed by atoms with Gasteiger partial charge in [0.1, 0.15) is 11.6 Å². The van der Waals surface area contributed by atoms with Crippen molar-refractivity contribution in [1.29, 1.82) is 0 Å². The van der Waals surface area contributed by atoms with Gasteiger partial charge in [-0.05, 0) is 37.2 Å². The van der Waals surface area contributed by atoms with E-state index < -0.39 is 17.4 Å². The lowest BCUT2D eigenvalue weighted by Gasteiger charge is -2.16. The van der Waals surface area contributed by atoms with Gasteiger partial charge < -0.3 is 0 Å². The van der Waals surface area contributed by atoms with Crippen LogP contribution in [0.4, 0.5) is 8.78 Å². The lowest BCUT2D eigenvalue weighted by atomic mass is 10.1. The molecule has 0 unspecified atom stereocenters. The molecule has 2 aromatic carbocycles. The molecule has 0 aliphatic carbocycles. The molecule has 0 amide bonds. The average molecular weight is 289 g/mol. The van der Waals surface area contributed by atoms with Crippen LogP contribution in [-0.2, 0) is 6.42 Å². The lowest BCUT2D eigenvalue weighted by Crippen LogP contribution is -2.28. The molecule has 0 aliphatic heterocycles. The van der Waals surface area contributed by atoms with Crippen molar-refractivity contribution in [3.63, 3.8) is 0 Å². The van der Waals surface area contributed by atoms with Crippen molar-refractivity contribution in [2.45, 2.75) is 6.42 Å². The second kappa shape index (κ2) is 7.09. The molecule has 0 N–H and O–H groups in total. The van der Waals surface area contributed by atoms with Crippen LogP contribution in [0.2, 0.25) is 0 Å². The molecule has 0 aliphatic rings. The maximum atomic E-state index is 13.5. The Morgan fingerprint density at radius 2 is 1.81 bits per heavy atom. The molecule has 4 heteroatoms. The van der Waals surface area contributed by atoms with Crippen molar-refractivity contribution in [2.24, 2.45) is 0 Å². The molecule has 0 saturated carbocycles. The Bertz CT molecular complexity index is 613. The topological polar surface area (TPSA) is 20.3 Å². The van der Waals surface area contributed by atoms with Crippen molar-refractivity contribution in [2.75, 3.05) is 20.1 Å². The molecule has 0 fully saturated rings. The first-order valence-corrected chi connectivity index (χ1v) is 6.77. The largest absolute Gasteiger partial charge is 0.299 e. The van der Waals surface area contributed by atoms with E-state index >= 15 is 0 Å². The smallest absolute Gasteiger partial charge is 0.179 e. The summed E-state index contributed by atoms with van der Waals surface area (Å²) < 4.78 is 26.6. The number of carbonyl (C=O) groups excluding carboxylic acids is 1. The van der Waals surface area contributed by atoms with E-state index in [-0.39, 0.29) is 12.1 Å². The normalized spacial score (nSPS) is 10.9. The molecule has 110 valence electrons. The van der Waals surface area contributed by atoms with E-state index in [1.807, 2.05) is 30.3 Å². The number of rotatable bonds is 6. The van der Waals surface area contributed by atoms with Gasteiger partial charge in [-0.15, -0.1) is 0 Å². The van der Waals surface area contributed by atoms with Crippen LogP contribution in [0.5, 0.6) is 0 Å². The van der Waals surface area contributed by atoms with Crippen LogP contribution < -0.4 is 0 Å². The van der Waals surface area contributed by atoms with E-state index in [4.69, 9.17) is 0 Å². The summed E-state index contributed by atoms with van der Waals surface area (Å²) in [4.78, 5) is 13.8. The van der Waals surface area contributed by atoms with Crippen molar-refractivity contribution in [3.8, 4) is 0 Å². The molecule has 0 saturated heterocycles. The van der Waals surface area contributed by atoms with Gasteiger partial charge in [-0.2, -0.15) is 0 Å². The molecule has 2 rings (SSSR count). The summed E-state index contributed by atoms with van der Waals surface area (Å²) in [6.07, 6.45) is 0.802. The molecular weight excluding hydrogens is 272 g/mol. The molecule has 21 heavy (non-hydrogen) atoms. The third-order valence-corrected chi connectivity index (χ3v) is 3.27. The highest BCUT2D eigenvalue weighted by molar-refractivity contribution is 5.97. The lowest BCUT2D eigenvalue weighted by molar-refractivity contribution is 0.0942. The van der Waals surface area contributed by atoms with Crippen molar-refractivity contribution in [1.82, 2.24) is 4.90 Å². The van der Waals surface area contributed by atoms with Gasteiger partial charge in [0, 0.05) is 6.54 Å². The SMILES string of the molecule is CN(CCc1ccccc1)CC(=O)c1cc(F)ccc1F. The first kappa shape index (κ1) is 15.3. The van der Waals surface area contributed by atoms with E-state index in [0.717, 1.165) is 24.6 Å². The van der Waals surface area contributed by atoms with Gasteiger partial charge in [0.25, 0.3) is 0 Å².